The summed E-state index contributed by atoms with van der Waals surface area (Å²) in [5.74, 6) is -0.204. The first kappa shape index (κ1) is 18.6. The summed E-state index contributed by atoms with van der Waals surface area (Å²) >= 11 is 0. The van der Waals surface area contributed by atoms with Crippen LogP contribution in [0.15, 0.2) is 0 Å². The zero-order valence-electron chi connectivity index (χ0n) is 12.7. The fraction of sp³-hybridized carbons (Fsp3) is 0.923. The summed E-state index contributed by atoms with van der Waals surface area (Å²) in [6.07, 6.45) is 2.20. The molecule has 0 aliphatic rings. The summed E-state index contributed by atoms with van der Waals surface area (Å²) in [6.45, 7) is 9.83. The number of carbonyl (C=O) groups is 1. The van der Waals surface area contributed by atoms with Gasteiger partial charge in [-0.05, 0) is 27.2 Å². The van der Waals surface area contributed by atoms with Crippen LogP contribution in [0.1, 0.15) is 47.0 Å². The third-order valence-electron chi connectivity index (χ3n) is 2.49. The molecule has 0 fully saturated rings. The summed E-state index contributed by atoms with van der Waals surface area (Å²) < 4.78 is 22.1. The van der Waals surface area contributed by atoms with Crippen molar-refractivity contribution in [1.82, 2.24) is 0 Å². The molecule has 0 aliphatic heterocycles. The Labute approximate surface area is 117 Å². The summed E-state index contributed by atoms with van der Waals surface area (Å²) in [5.41, 5.74) is 0. The molecule has 6 heteroatoms. The monoisotopic (exact) mass is 292 g/mol. The Bertz CT molecular complexity index is 218. The van der Waals surface area contributed by atoms with Crippen molar-refractivity contribution in [3.8, 4) is 0 Å². The first-order valence-corrected chi connectivity index (χ1v) is 9.14. The van der Waals surface area contributed by atoms with E-state index in [9.17, 15) is 4.79 Å². The van der Waals surface area contributed by atoms with Crippen LogP contribution in [0.5, 0.6) is 0 Å². The molecule has 0 spiro atoms. The second-order valence-corrected chi connectivity index (χ2v) is 6.79. The Hall–Kier alpha value is -0.433. The van der Waals surface area contributed by atoms with Crippen LogP contribution in [0.3, 0.4) is 0 Å². The van der Waals surface area contributed by atoms with Gasteiger partial charge in [-0.15, -0.1) is 0 Å². The minimum absolute atomic E-state index is 0.204. The number of carbonyl (C=O) groups excluding carboxylic acids is 1. The molecule has 0 unspecified atom stereocenters. The molecule has 0 saturated heterocycles. The SMILES string of the molecule is CCCCOC(=O)CC[Si](OCC)(OCC)OCC. The Morgan fingerprint density at radius 2 is 1.47 bits per heavy atom. The molecule has 0 saturated carbocycles. The third kappa shape index (κ3) is 8.36. The van der Waals surface area contributed by atoms with Crippen LogP contribution in [0.25, 0.3) is 0 Å². The number of hydrogen-bond donors (Lipinski definition) is 0. The molecule has 0 rings (SSSR count). The molecule has 114 valence electrons. The van der Waals surface area contributed by atoms with Gasteiger partial charge in [0.2, 0.25) is 0 Å². The van der Waals surface area contributed by atoms with Crippen molar-refractivity contribution in [2.75, 3.05) is 26.4 Å². The van der Waals surface area contributed by atoms with Gasteiger partial charge in [0, 0.05) is 32.3 Å². The van der Waals surface area contributed by atoms with Crippen molar-refractivity contribution in [2.24, 2.45) is 0 Å². The lowest BCUT2D eigenvalue weighted by molar-refractivity contribution is -0.143. The highest BCUT2D eigenvalue weighted by Crippen LogP contribution is 2.18. The molecule has 0 aromatic carbocycles. The van der Waals surface area contributed by atoms with Gasteiger partial charge in [0.25, 0.3) is 0 Å². The van der Waals surface area contributed by atoms with E-state index in [2.05, 4.69) is 6.92 Å². The molecular weight excluding hydrogens is 264 g/mol. The van der Waals surface area contributed by atoms with E-state index in [-0.39, 0.29) is 12.4 Å². The molecule has 19 heavy (non-hydrogen) atoms. The summed E-state index contributed by atoms with van der Waals surface area (Å²) in [7, 11) is -2.71. The highest BCUT2D eigenvalue weighted by molar-refractivity contribution is 6.60. The van der Waals surface area contributed by atoms with Gasteiger partial charge in [-0.3, -0.25) is 4.79 Å². The lowest BCUT2D eigenvalue weighted by Gasteiger charge is -2.28. The Balaban J connectivity index is 4.25. The highest BCUT2D eigenvalue weighted by Gasteiger charge is 2.40. The fourth-order valence-electron chi connectivity index (χ4n) is 1.66. The van der Waals surface area contributed by atoms with Crippen molar-refractivity contribution < 1.29 is 22.8 Å². The smallest absolute Gasteiger partial charge is 0.466 e. The third-order valence-corrected chi connectivity index (χ3v) is 5.54. The zero-order valence-corrected chi connectivity index (χ0v) is 13.7. The van der Waals surface area contributed by atoms with Crippen LogP contribution in [0.2, 0.25) is 6.04 Å². The first-order valence-electron chi connectivity index (χ1n) is 7.21. The standard InChI is InChI=1S/C13H28O5Si/c1-5-9-11-15-13(14)10-12-19(16-6-2,17-7-3)18-8-4/h5-12H2,1-4H3. The number of rotatable bonds is 12. The molecule has 0 amide bonds. The second-order valence-electron chi connectivity index (χ2n) is 4.06. The lowest BCUT2D eigenvalue weighted by atomic mass is 10.4. The minimum Gasteiger partial charge on any atom is -0.466 e. The van der Waals surface area contributed by atoms with Crippen LogP contribution in [-0.2, 0) is 22.8 Å². The molecule has 0 aliphatic carbocycles. The second kappa shape index (κ2) is 11.4. The van der Waals surface area contributed by atoms with Crippen molar-refractivity contribution in [1.29, 1.82) is 0 Å². The van der Waals surface area contributed by atoms with Crippen molar-refractivity contribution in [2.45, 2.75) is 53.0 Å². The average Bonchev–Trinajstić information content (AvgIpc) is 2.38. The van der Waals surface area contributed by atoms with Gasteiger partial charge in [0.15, 0.2) is 0 Å². The predicted molar refractivity (Wildman–Crippen MR) is 75.9 cm³/mol. The number of unbranched alkanes of at least 4 members (excludes halogenated alkanes) is 1. The number of ether oxygens (including phenoxy) is 1. The molecule has 0 bridgehead atoms. The van der Waals surface area contributed by atoms with Crippen molar-refractivity contribution >= 4 is 14.8 Å². The van der Waals surface area contributed by atoms with Gasteiger partial charge in [0.05, 0.1) is 6.61 Å². The van der Waals surface area contributed by atoms with Crippen LogP contribution < -0.4 is 0 Å². The first-order chi connectivity index (χ1) is 9.14. The molecular formula is C13H28O5Si. The fourth-order valence-corrected chi connectivity index (χ4v) is 4.17. The molecule has 0 aromatic rings. The summed E-state index contributed by atoms with van der Waals surface area (Å²) in [6, 6.07) is 0.480. The van der Waals surface area contributed by atoms with Gasteiger partial charge >= 0.3 is 14.8 Å². The summed E-state index contributed by atoms with van der Waals surface area (Å²) in [5, 5.41) is 0. The van der Waals surface area contributed by atoms with E-state index in [0.717, 1.165) is 12.8 Å². The molecule has 0 atom stereocenters. The van der Waals surface area contributed by atoms with Gasteiger partial charge in [0.1, 0.15) is 0 Å². The normalized spacial score (nSPS) is 11.6. The molecule has 5 nitrogen and oxygen atoms in total. The Kier molecular flexibility index (Phi) is 11.1. The van der Waals surface area contributed by atoms with E-state index in [0.29, 0.717) is 32.5 Å². The topological polar surface area (TPSA) is 54.0 Å². The van der Waals surface area contributed by atoms with Crippen LogP contribution in [0, 0.1) is 0 Å². The lowest BCUT2D eigenvalue weighted by Crippen LogP contribution is -2.46. The van der Waals surface area contributed by atoms with Crippen LogP contribution >= 0.6 is 0 Å². The molecule has 0 heterocycles. The highest BCUT2D eigenvalue weighted by atomic mass is 28.4. The maximum absolute atomic E-state index is 11.6. The van der Waals surface area contributed by atoms with E-state index in [1.165, 1.54) is 0 Å². The van der Waals surface area contributed by atoms with E-state index in [1.54, 1.807) is 0 Å². The van der Waals surface area contributed by atoms with E-state index < -0.39 is 8.80 Å². The number of hydrogen-bond acceptors (Lipinski definition) is 5. The maximum atomic E-state index is 11.6. The van der Waals surface area contributed by atoms with E-state index >= 15 is 0 Å². The van der Waals surface area contributed by atoms with Crippen molar-refractivity contribution in [3.05, 3.63) is 0 Å². The van der Waals surface area contributed by atoms with E-state index in [4.69, 9.17) is 18.0 Å². The largest absolute Gasteiger partial charge is 0.501 e. The van der Waals surface area contributed by atoms with Gasteiger partial charge in [-0.2, -0.15) is 0 Å². The molecule has 0 N–H and O–H groups in total. The van der Waals surface area contributed by atoms with Crippen molar-refractivity contribution in [3.63, 3.8) is 0 Å². The maximum Gasteiger partial charge on any atom is 0.501 e. The summed E-state index contributed by atoms with van der Waals surface area (Å²) in [4.78, 5) is 11.6. The predicted octanol–water partition coefficient (Wildman–Crippen LogP) is 2.77. The zero-order chi connectivity index (χ0) is 14.6. The van der Waals surface area contributed by atoms with Crippen LogP contribution in [-0.4, -0.2) is 41.2 Å². The molecule has 0 aromatic heterocycles. The van der Waals surface area contributed by atoms with E-state index in [1.807, 2.05) is 20.8 Å². The van der Waals surface area contributed by atoms with Gasteiger partial charge < -0.3 is 18.0 Å². The molecule has 0 radical (unpaired) electrons. The minimum atomic E-state index is -2.71. The van der Waals surface area contributed by atoms with Gasteiger partial charge in [-0.1, -0.05) is 13.3 Å². The van der Waals surface area contributed by atoms with Crippen LogP contribution in [0.4, 0.5) is 0 Å². The Morgan fingerprint density at radius 3 is 1.89 bits per heavy atom. The number of esters is 1. The average molecular weight is 292 g/mol. The quantitative estimate of drug-likeness (QED) is 0.314. The Morgan fingerprint density at radius 1 is 0.947 bits per heavy atom. The van der Waals surface area contributed by atoms with Gasteiger partial charge in [-0.25, -0.2) is 0 Å².